The van der Waals surface area contributed by atoms with E-state index in [9.17, 15) is 0 Å². The maximum Gasteiger partial charge on any atom is 0.170 e. The van der Waals surface area contributed by atoms with Crippen LogP contribution in [-0.4, -0.2) is 12.4 Å². The lowest BCUT2D eigenvalue weighted by Crippen LogP contribution is -2.15. The molecule has 3 heteroatoms. The van der Waals surface area contributed by atoms with Crippen molar-refractivity contribution in [2.75, 3.05) is 6.61 Å². The lowest BCUT2D eigenvalue weighted by molar-refractivity contribution is 0.158. The maximum absolute atomic E-state index is 5.77. The molecule has 1 aromatic carbocycles. The summed E-state index contributed by atoms with van der Waals surface area (Å²) in [5.74, 6) is 0.419. The van der Waals surface area contributed by atoms with Crippen LogP contribution in [0.2, 0.25) is 0 Å². The number of oxime groups is 1. The van der Waals surface area contributed by atoms with Gasteiger partial charge in [0.25, 0.3) is 0 Å². The van der Waals surface area contributed by atoms with Gasteiger partial charge in [-0.1, -0.05) is 50.2 Å². The summed E-state index contributed by atoms with van der Waals surface area (Å²) in [4.78, 5) is 4.91. The van der Waals surface area contributed by atoms with E-state index in [1.807, 2.05) is 19.1 Å². The van der Waals surface area contributed by atoms with Gasteiger partial charge in [-0.2, -0.15) is 0 Å². The van der Waals surface area contributed by atoms with E-state index in [0.717, 1.165) is 5.56 Å². The molecule has 0 aliphatic rings. The number of amidine groups is 1. The zero-order valence-corrected chi connectivity index (χ0v) is 10.4. The van der Waals surface area contributed by atoms with Gasteiger partial charge in [0.05, 0.1) is 0 Å². The number of nitrogens with zero attached hydrogens (tertiary/aromatic N) is 1. The first-order valence-corrected chi connectivity index (χ1v) is 5.51. The zero-order valence-electron chi connectivity index (χ0n) is 10.4. The molecule has 0 saturated carbocycles. The third-order valence-electron chi connectivity index (χ3n) is 2.34. The first-order chi connectivity index (χ1) is 7.45. The summed E-state index contributed by atoms with van der Waals surface area (Å²) in [5.41, 5.74) is 8.09. The third kappa shape index (κ3) is 3.26. The molecule has 0 radical (unpaired) electrons. The van der Waals surface area contributed by atoms with Gasteiger partial charge in [-0.25, -0.2) is 0 Å². The van der Waals surface area contributed by atoms with Crippen molar-refractivity contribution in [3.8, 4) is 0 Å². The minimum Gasteiger partial charge on any atom is -0.394 e. The van der Waals surface area contributed by atoms with Crippen molar-refractivity contribution in [1.29, 1.82) is 0 Å². The van der Waals surface area contributed by atoms with Crippen LogP contribution in [0.3, 0.4) is 0 Å². The summed E-state index contributed by atoms with van der Waals surface area (Å²) in [6.07, 6.45) is 0. The van der Waals surface area contributed by atoms with E-state index < -0.39 is 0 Å². The Morgan fingerprint density at radius 3 is 2.25 bits per heavy atom. The number of hydrogen-bond donors (Lipinski definition) is 1. The highest BCUT2D eigenvalue weighted by atomic mass is 16.6. The molecule has 1 rings (SSSR count). The van der Waals surface area contributed by atoms with Gasteiger partial charge >= 0.3 is 0 Å². The molecular weight excluding hydrogens is 200 g/mol. The zero-order chi connectivity index (χ0) is 12.2. The van der Waals surface area contributed by atoms with Gasteiger partial charge in [0, 0.05) is 5.56 Å². The number of rotatable bonds is 3. The summed E-state index contributed by atoms with van der Waals surface area (Å²) >= 11 is 0. The normalized spacial score (nSPS) is 12.6. The van der Waals surface area contributed by atoms with Crippen molar-refractivity contribution in [3.05, 3.63) is 35.4 Å². The van der Waals surface area contributed by atoms with E-state index >= 15 is 0 Å². The predicted molar refractivity (Wildman–Crippen MR) is 67.5 cm³/mol. The largest absolute Gasteiger partial charge is 0.394 e. The lowest BCUT2D eigenvalue weighted by Gasteiger charge is -2.18. The first-order valence-electron chi connectivity index (χ1n) is 5.51. The van der Waals surface area contributed by atoms with Crippen molar-refractivity contribution >= 4 is 5.84 Å². The molecule has 0 atom stereocenters. The molecule has 0 bridgehead atoms. The van der Waals surface area contributed by atoms with Gasteiger partial charge in [0.15, 0.2) is 5.84 Å². The Balaban J connectivity index is 2.87. The number of nitrogens with two attached hydrogens (primary N) is 1. The SMILES string of the molecule is CCO/N=C(\N)c1ccc(C(C)(C)C)cc1. The monoisotopic (exact) mass is 220 g/mol. The molecule has 0 fully saturated rings. The van der Waals surface area contributed by atoms with E-state index in [4.69, 9.17) is 10.6 Å². The molecule has 3 nitrogen and oxygen atoms in total. The first kappa shape index (κ1) is 12.6. The van der Waals surface area contributed by atoms with Gasteiger partial charge in [0.1, 0.15) is 6.61 Å². The fraction of sp³-hybridized carbons (Fsp3) is 0.462. The van der Waals surface area contributed by atoms with Crippen molar-refractivity contribution in [2.24, 2.45) is 10.9 Å². The van der Waals surface area contributed by atoms with Gasteiger partial charge in [-0.3, -0.25) is 0 Å². The molecule has 2 N–H and O–H groups in total. The Morgan fingerprint density at radius 2 is 1.81 bits per heavy atom. The molecule has 0 spiro atoms. The van der Waals surface area contributed by atoms with Gasteiger partial charge < -0.3 is 10.6 Å². The second kappa shape index (κ2) is 5.01. The Kier molecular flexibility index (Phi) is 3.93. The third-order valence-corrected chi connectivity index (χ3v) is 2.34. The van der Waals surface area contributed by atoms with Crippen molar-refractivity contribution in [2.45, 2.75) is 33.1 Å². The second-order valence-corrected chi connectivity index (χ2v) is 4.72. The molecule has 0 aliphatic heterocycles. The smallest absolute Gasteiger partial charge is 0.170 e. The standard InChI is InChI=1S/C13H20N2O/c1-5-16-15-12(14)10-6-8-11(9-7-10)13(2,3)4/h6-9H,5H2,1-4H3,(H2,14,15). The van der Waals surface area contributed by atoms with Crippen LogP contribution in [0.15, 0.2) is 29.4 Å². The lowest BCUT2D eigenvalue weighted by atomic mass is 9.87. The molecule has 16 heavy (non-hydrogen) atoms. The highest BCUT2D eigenvalue weighted by Gasteiger charge is 2.13. The highest BCUT2D eigenvalue weighted by molar-refractivity contribution is 5.97. The minimum atomic E-state index is 0.157. The van der Waals surface area contributed by atoms with E-state index in [2.05, 4.69) is 38.1 Å². The van der Waals surface area contributed by atoms with Crippen molar-refractivity contribution in [1.82, 2.24) is 0 Å². The van der Waals surface area contributed by atoms with E-state index in [-0.39, 0.29) is 5.41 Å². The summed E-state index contributed by atoms with van der Waals surface area (Å²) in [5, 5.41) is 3.80. The Hall–Kier alpha value is -1.51. The molecule has 0 unspecified atom stereocenters. The Labute approximate surface area is 97.3 Å². The quantitative estimate of drug-likeness (QED) is 0.483. The van der Waals surface area contributed by atoms with Crippen LogP contribution in [0.4, 0.5) is 0 Å². The van der Waals surface area contributed by atoms with Crippen LogP contribution < -0.4 is 5.73 Å². The topological polar surface area (TPSA) is 47.6 Å². The molecular formula is C13H20N2O. The van der Waals surface area contributed by atoms with E-state index in [0.29, 0.717) is 12.4 Å². The average molecular weight is 220 g/mol. The summed E-state index contributed by atoms with van der Waals surface area (Å²) in [6.45, 7) is 8.94. The molecule has 1 aromatic rings. The van der Waals surface area contributed by atoms with Crippen LogP contribution in [0.25, 0.3) is 0 Å². The Morgan fingerprint density at radius 1 is 1.25 bits per heavy atom. The number of benzene rings is 1. The fourth-order valence-corrected chi connectivity index (χ4v) is 1.33. The maximum atomic E-state index is 5.77. The second-order valence-electron chi connectivity index (χ2n) is 4.72. The predicted octanol–water partition coefficient (Wildman–Crippen LogP) is 2.64. The van der Waals surface area contributed by atoms with Crippen LogP contribution in [0.5, 0.6) is 0 Å². The number of hydrogen-bond acceptors (Lipinski definition) is 2. The summed E-state index contributed by atoms with van der Waals surface area (Å²) in [7, 11) is 0. The van der Waals surface area contributed by atoms with Crippen molar-refractivity contribution < 1.29 is 4.84 Å². The average Bonchev–Trinajstić information content (AvgIpc) is 2.25. The molecule has 0 aromatic heterocycles. The van der Waals surface area contributed by atoms with Crippen LogP contribution >= 0.6 is 0 Å². The molecule has 0 heterocycles. The molecule has 0 aliphatic carbocycles. The van der Waals surface area contributed by atoms with E-state index in [1.54, 1.807) is 0 Å². The summed E-state index contributed by atoms with van der Waals surface area (Å²) in [6, 6.07) is 8.09. The van der Waals surface area contributed by atoms with Crippen molar-refractivity contribution in [3.63, 3.8) is 0 Å². The highest BCUT2D eigenvalue weighted by Crippen LogP contribution is 2.22. The molecule has 88 valence electrons. The van der Waals surface area contributed by atoms with Gasteiger partial charge in [0.2, 0.25) is 0 Å². The molecule has 0 amide bonds. The van der Waals surface area contributed by atoms with Crippen LogP contribution in [-0.2, 0) is 10.3 Å². The van der Waals surface area contributed by atoms with Crippen LogP contribution in [0.1, 0.15) is 38.8 Å². The van der Waals surface area contributed by atoms with Crippen LogP contribution in [0, 0.1) is 0 Å². The Bertz CT molecular complexity index is 361. The summed E-state index contributed by atoms with van der Waals surface area (Å²) < 4.78 is 0. The van der Waals surface area contributed by atoms with Gasteiger partial charge in [-0.15, -0.1) is 0 Å². The molecule has 0 saturated heterocycles. The fourth-order valence-electron chi connectivity index (χ4n) is 1.33. The van der Waals surface area contributed by atoms with Gasteiger partial charge in [-0.05, 0) is 17.9 Å². The minimum absolute atomic E-state index is 0.157. The van der Waals surface area contributed by atoms with E-state index in [1.165, 1.54) is 5.56 Å².